The van der Waals surface area contributed by atoms with Gasteiger partial charge in [0.15, 0.2) is 5.13 Å². The molecule has 1 saturated heterocycles. The average molecular weight is 496 g/mol. The van der Waals surface area contributed by atoms with Crippen LogP contribution in [-0.4, -0.2) is 62.3 Å². The van der Waals surface area contributed by atoms with Crippen LogP contribution in [0.15, 0.2) is 36.4 Å². The Morgan fingerprint density at radius 3 is 2.78 bits per heavy atom. The molecule has 0 unspecified atom stereocenters. The van der Waals surface area contributed by atoms with Crippen LogP contribution in [0.4, 0.5) is 5.13 Å². The van der Waals surface area contributed by atoms with E-state index in [1.165, 1.54) is 16.9 Å². The van der Waals surface area contributed by atoms with Gasteiger partial charge in [0.25, 0.3) is 5.91 Å². The summed E-state index contributed by atoms with van der Waals surface area (Å²) in [5, 5.41) is 1.19. The van der Waals surface area contributed by atoms with E-state index in [1.807, 2.05) is 12.1 Å². The molecule has 0 N–H and O–H groups in total. The van der Waals surface area contributed by atoms with Crippen LogP contribution in [0.3, 0.4) is 0 Å². The van der Waals surface area contributed by atoms with Gasteiger partial charge in [-0.25, -0.2) is 4.98 Å². The molecule has 2 heterocycles. The minimum absolute atomic E-state index is 0. The normalized spacial score (nSPS) is 14.2. The second-order valence-corrected chi connectivity index (χ2v) is 9.02. The first-order valence-electron chi connectivity index (χ1n) is 10.4. The maximum Gasteiger partial charge on any atom is 0.263 e. The van der Waals surface area contributed by atoms with Crippen LogP contribution in [0.1, 0.15) is 22.3 Å². The summed E-state index contributed by atoms with van der Waals surface area (Å²) in [6, 6.07) is 11.3. The fourth-order valence-electron chi connectivity index (χ4n) is 3.69. The number of morpholine rings is 1. The van der Waals surface area contributed by atoms with Crippen LogP contribution in [0.25, 0.3) is 10.2 Å². The van der Waals surface area contributed by atoms with Crippen molar-refractivity contribution in [2.24, 2.45) is 0 Å². The number of anilines is 1. The fraction of sp³-hybridized carbons (Fsp3) is 0.391. The number of carbonyl (C=O) groups is 1. The number of rotatable bonds is 7. The molecule has 0 saturated carbocycles. The highest BCUT2D eigenvalue weighted by atomic mass is 35.5. The summed E-state index contributed by atoms with van der Waals surface area (Å²) in [5.74, 6) is 0.349. The Morgan fingerprint density at radius 2 is 2.03 bits per heavy atom. The summed E-state index contributed by atoms with van der Waals surface area (Å²) >= 11 is 7.73. The summed E-state index contributed by atoms with van der Waals surface area (Å²) in [7, 11) is 1.56. The van der Waals surface area contributed by atoms with E-state index in [1.54, 1.807) is 30.2 Å². The molecule has 1 fully saturated rings. The number of amides is 1. The standard InChI is InChI=1S/C23H26ClN3O3S.ClH/c1-16-4-6-19-21(14-16)31-23(25-19)27(9-3-8-26-10-12-30-13-11-26)22(28)18-15-17(24)5-7-20(18)29-2;/h4-7,14-15H,3,8-13H2,1-2H3;1H. The Labute approximate surface area is 203 Å². The number of carbonyl (C=O) groups excluding carboxylic acids is 1. The lowest BCUT2D eigenvalue weighted by molar-refractivity contribution is 0.0376. The maximum atomic E-state index is 13.6. The highest BCUT2D eigenvalue weighted by Crippen LogP contribution is 2.32. The smallest absolute Gasteiger partial charge is 0.263 e. The van der Waals surface area contributed by atoms with E-state index >= 15 is 0 Å². The molecule has 9 heteroatoms. The van der Waals surface area contributed by atoms with Crippen molar-refractivity contribution in [1.29, 1.82) is 0 Å². The van der Waals surface area contributed by atoms with Crippen molar-refractivity contribution in [1.82, 2.24) is 9.88 Å². The minimum Gasteiger partial charge on any atom is -0.496 e. The van der Waals surface area contributed by atoms with Gasteiger partial charge in [0.1, 0.15) is 5.75 Å². The molecular formula is C23H27Cl2N3O3S. The largest absolute Gasteiger partial charge is 0.496 e. The van der Waals surface area contributed by atoms with Crippen molar-refractivity contribution in [3.05, 3.63) is 52.5 Å². The van der Waals surface area contributed by atoms with E-state index in [0.29, 0.717) is 28.0 Å². The molecule has 0 bridgehead atoms. The van der Waals surface area contributed by atoms with E-state index in [2.05, 4.69) is 17.9 Å². The van der Waals surface area contributed by atoms with E-state index in [0.717, 1.165) is 49.5 Å². The van der Waals surface area contributed by atoms with Gasteiger partial charge in [0, 0.05) is 31.2 Å². The third-order valence-corrected chi connectivity index (χ3v) is 6.64. The number of hydrogen-bond donors (Lipinski definition) is 0. The second kappa shape index (κ2) is 11.3. The third kappa shape index (κ3) is 5.71. The molecule has 0 radical (unpaired) electrons. The van der Waals surface area contributed by atoms with Crippen molar-refractivity contribution < 1.29 is 14.3 Å². The monoisotopic (exact) mass is 495 g/mol. The molecule has 0 atom stereocenters. The van der Waals surface area contributed by atoms with E-state index in [4.69, 9.17) is 26.1 Å². The lowest BCUT2D eigenvalue weighted by atomic mass is 10.1. The summed E-state index contributed by atoms with van der Waals surface area (Å²) in [4.78, 5) is 22.5. The van der Waals surface area contributed by atoms with Gasteiger partial charge in [0.2, 0.25) is 0 Å². The van der Waals surface area contributed by atoms with Crippen LogP contribution in [-0.2, 0) is 4.74 Å². The number of ether oxygens (including phenoxy) is 2. The molecule has 1 aromatic heterocycles. The van der Waals surface area contributed by atoms with Gasteiger partial charge in [0.05, 0.1) is 36.1 Å². The summed E-state index contributed by atoms with van der Waals surface area (Å²) in [6.45, 7) is 6.90. The zero-order valence-corrected chi connectivity index (χ0v) is 20.6. The van der Waals surface area contributed by atoms with Gasteiger partial charge in [-0.1, -0.05) is 29.0 Å². The van der Waals surface area contributed by atoms with Crippen LogP contribution < -0.4 is 9.64 Å². The Balaban J connectivity index is 0.00000289. The third-order valence-electron chi connectivity index (χ3n) is 5.36. The second-order valence-electron chi connectivity index (χ2n) is 7.58. The molecule has 172 valence electrons. The van der Waals surface area contributed by atoms with Crippen molar-refractivity contribution >= 4 is 56.6 Å². The van der Waals surface area contributed by atoms with E-state index in [9.17, 15) is 4.79 Å². The van der Waals surface area contributed by atoms with Crippen LogP contribution >= 0.6 is 35.3 Å². The Morgan fingerprint density at radius 1 is 1.25 bits per heavy atom. The van der Waals surface area contributed by atoms with Gasteiger partial charge < -0.3 is 9.47 Å². The van der Waals surface area contributed by atoms with Gasteiger partial charge in [-0.05, 0) is 49.2 Å². The summed E-state index contributed by atoms with van der Waals surface area (Å²) in [5.41, 5.74) is 2.51. The average Bonchev–Trinajstić information content (AvgIpc) is 3.19. The quantitative estimate of drug-likeness (QED) is 0.458. The van der Waals surface area contributed by atoms with Gasteiger partial charge in [-0.2, -0.15) is 0 Å². The lowest BCUT2D eigenvalue weighted by Crippen LogP contribution is -2.39. The van der Waals surface area contributed by atoms with Gasteiger partial charge >= 0.3 is 0 Å². The first kappa shape index (κ1) is 24.7. The zero-order valence-electron chi connectivity index (χ0n) is 18.2. The Kier molecular flexibility index (Phi) is 8.73. The number of aromatic nitrogens is 1. The maximum absolute atomic E-state index is 13.6. The number of benzene rings is 2. The molecule has 6 nitrogen and oxygen atoms in total. The molecular weight excluding hydrogens is 469 g/mol. The van der Waals surface area contributed by atoms with Crippen molar-refractivity contribution in [2.75, 3.05) is 51.4 Å². The zero-order chi connectivity index (χ0) is 21.8. The predicted molar refractivity (Wildman–Crippen MR) is 133 cm³/mol. The van der Waals surface area contributed by atoms with Crippen LogP contribution in [0.5, 0.6) is 5.75 Å². The fourth-order valence-corrected chi connectivity index (χ4v) is 4.95. The highest BCUT2D eigenvalue weighted by Gasteiger charge is 2.24. The predicted octanol–water partition coefficient (Wildman–Crippen LogP) is 5.06. The number of hydrogen-bond acceptors (Lipinski definition) is 6. The number of methoxy groups -OCH3 is 1. The van der Waals surface area contributed by atoms with Crippen molar-refractivity contribution in [2.45, 2.75) is 13.3 Å². The minimum atomic E-state index is -0.155. The number of aryl methyl sites for hydroxylation is 1. The molecule has 2 aromatic carbocycles. The van der Waals surface area contributed by atoms with E-state index in [-0.39, 0.29) is 18.3 Å². The van der Waals surface area contributed by atoms with Crippen LogP contribution in [0, 0.1) is 6.92 Å². The summed E-state index contributed by atoms with van der Waals surface area (Å²) in [6.07, 6.45) is 0.837. The Bertz CT molecular complexity index is 1070. The van der Waals surface area contributed by atoms with Crippen molar-refractivity contribution in [3.63, 3.8) is 0 Å². The van der Waals surface area contributed by atoms with Gasteiger partial charge in [-0.3, -0.25) is 14.6 Å². The highest BCUT2D eigenvalue weighted by molar-refractivity contribution is 7.22. The molecule has 0 aliphatic carbocycles. The molecule has 1 aliphatic heterocycles. The Hall–Kier alpha value is -1.90. The summed E-state index contributed by atoms with van der Waals surface area (Å²) < 4.78 is 11.9. The lowest BCUT2D eigenvalue weighted by Gasteiger charge is -2.28. The van der Waals surface area contributed by atoms with E-state index < -0.39 is 0 Å². The number of thiazole rings is 1. The molecule has 32 heavy (non-hydrogen) atoms. The number of fused-ring (bicyclic) bond motifs is 1. The topological polar surface area (TPSA) is 54.9 Å². The van der Waals surface area contributed by atoms with Crippen LogP contribution in [0.2, 0.25) is 5.02 Å². The first-order valence-corrected chi connectivity index (χ1v) is 11.6. The number of nitrogens with zero attached hydrogens (tertiary/aromatic N) is 3. The van der Waals surface area contributed by atoms with Gasteiger partial charge in [-0.15, -0.1) is 12.4 Å². The molecule has 4 rings (SSSR count). The molecule has 1 aliphatic rings. The van der Waals surface area contributed by atoms with Crippen molar-refractivity contribution in [3.8, 4) is 5.75 Å². The first-order chi connectivity index (χ1) is 15.0. The SMILES string of the molecule is COc1ccc(Cl)cc1C(=O)N(CCCN1CCOCC1)c1nc2ccc(C)cc2s1.Cl. The number of halogens is 2. The molecule has 1 amide bonds. The molecule has 3 aromatic rings. The molecule has 0 spiro atoms.